The summed E-state index contributed by atoms with van der Waals surface area (Å²) in [5.74, 6) is 0.408. The van der Waals surface area contributed by atoms with Gasteiger partial charge in [-0.15, -0.1) is 0 Å². The Bertz CT molecular complexity index is 992. The average molecular weight is 336 g/mol. The summed E-state index contributed by atoms with van der Waals surface area (Å²) >= 11 is 0. The van der Waals surface area contributed by atoms with Crippen molar-refractivity contribution >= 4 is 23.1 Å². The number of carbonyl (C=O) groups is 1. The second-order valence-corrected chi connectivity index (χ2v) is 6.45. The topological polar surface area (TPSA) is 72.9 Å². The van der Waals surface area contributed by atoms with Crippen LogP contribution in [0.15, 0.2) is 36.2 Å². The van der Waals surface area contributed by atoms with Crippen molar-refractivity contribution < 1.29 is 9.90 Å². The first kappa shape index (κ1) is 15.6. The minimum absolute atomic E-state index is 0.389. The van der Waals surface area contributed by atoms with Gasteiger partial charge in [-0.3, -0.25) is 9.25 Å². The molecule has 0 spiro atoms. The second kappa shape index (κ2) is 5.88. The fourth-order valence-electron chi connectivity index (χ4n) is 3.26. The number of aromatic nitrogens is 4. The van der Waals surface area contributed by atoms with Gasteiger partial charge in [0.05, 0.1) is 5.69 Å². The van der Waals surface area contributed by atoms with Crippen LogP contribution in [0.4, 0.5) is 0 Å². The van der Waals surface area contributed by atoms with Gasteiger partial charge >= 0.3 is 5.97 Å². The average Bonchev–Trinajstić information content (AvgIpc) is 3.28. The number of carboxylic acid groups (broad SMARTS) is 1. The van der Waals surface area contributed by atoms with Crippen LogP contribution >= 0.6 is 0 Å². The SMILES string of the molecule is CC/C(=C\c1c(C2CC2)nn(C)c1-n1ccc2cccnc21)C(=O)O. The first-order valence-corrected chi connectivity index (χ1v) is 8.53. The molecule has 1 fully saturated rings. The fraction of sp³-hybridized carbons (Fsp3) is 0.316. The Morgan fingerprint density at radius 1 is 1.40 bits per heavy atom. The normalized spacial score (nSPS) is 15.0. The van der Waals surface area contributed by atoms with Crippen molar-refractivity contribution in [3.63, 3.8) is 0 Å². The van der Waals surface area contributed by atoms with Gasteiger partial charge in [0, 0.05) is 41.9 Å². The van der Waals surface area contributed by atoms with Crippen LogP contribution in [-0.4, -0.2) is 30.4 Å². The Morgan fingerprint density at radius 3 is 2.88 bits per heavy atom. The van der Waals surface area contributed by atoms with Gasteiger partial charge in [-0.05, 0) is 43.5 Å². The summed E-state index contributed by atoms with van der Waals surface area (Å²) in [6.45, 7) is 1.86. The molecule has 3 heterocycles. The third kappa shape index (κ3) is 2.63. The molecule has 0 saturated heterocycles. The highest BCUT2D eigenvalue weighted by atomic mass is 16.4. The van der Waals surface area contributed by atoms with E-state index in [4.69, 9.17) is 5.10 Å². The molecule has 1 saturated carbocycles. The predicted octanol–water partition coefficient (Wildman–Crippen LogP) is 3.51. The Morgan fingerprint density at radius 2 is 2.20 bits per heavy atom. The molecule has 3 aromatic rings. The third-order valence-electron chi connectivity index (χ3n) is 4.70. The Kier molecular flexibility index (Phi) is 3.67. The van der Waals surface area contributed by atoms with Crippen molar-refractivity contribution in [1.29, 1.82) is 0 Å². The van der Waals surface area contributed by atoms with E-state index in [9.17, 15) is 9.90 Å². The number of nitrogens with zero attached hydrogens (tertiary/aromatic N) is 4. The smallest absolute Gasteiger partial charge is 0.331 e. The van der Waals surface area contributed by atoms with Crippen molar-refractivity contribution in [2.75, 3.05) is 0 Å². The molecule has 4 rings (SSSR count). The number of pyridine rings is 1. The van der Waals surface area contributed by atoms with Gasteiger partial charge in [-0.2, -0.15) is 5.10 Å². The molecule has 1 aliphatic rings. The number of fused-ring (bicyclic) bond motifs is 1. The van der Waals surface area contributed by atoms with Crippen molar-refractivity contribution in [3.8, 4) is 5.82 Å². The standard InChI is InChI=1S/C19H20N4O2/c1-3-12(19(24)25)11-15-16(13-6-7-13)21-22(2)18(15)23-10-8-14-5-4-9-20-17(14)23/h4-5,8-11,13H,3,6-7H2,1-2H3,(H,24,25)/b12-11+. The maximum atomic E-state index is 11.5. The van der Waals surface area contributed by atoms with Crippen molar-refractivity contribution in [2.24, 2.45) is 7.05 Å². The van der Waals surface area contributed by atoms with Crippen LogP contribution in [0.3, 0.4) is 0 Å². The minimum atomic E-state index is -0.880. The summed E-state index contributed by atoms with van der Waals surface area (Å²) in [7, 11) is 1.90. The molecule has 6 nitrogen and oxygen atoms in total. The van der Waals surface area contributed by atoms with Crippen LogP contribution in [0.1, 0.15) is 43.4 Å². The molecular formula is C19H20N4O2. The summed E-state index contributed by atoms with van der Waals surface area (Å²) in [5.41, 5.74) is 3.12. The second-order valence-electron chi connectivity index (χ2n) is 6.45. The summed E-state index contributed by atoms with van der Waals surface area (Å²) in [5, 5.41) is 15.2. The lowest BCUT2D eigenvalue weighted by molar-refractivity contribution is -0.132. The zero-order chi connectivity index (χ0) is 17.6. The molecule has 1 aliphatic carbocycles. The highest BCUT2D eigenvalue weighted by Gasteiger charge is 2.31. The van der Waals surface area contributed by atoms with E-state index in [1.165, 1.54) is 0 Å². The van der Waals surface area contributed by atoms with E-state index in [0.29, 0.717) is 17.9 Å². The molecule has 25 heavy (non-hydrogen) atoms. The lowest BCUT2D eigenvalue weighted by Gasteiger charge is -2.08. The number of aryl methyl sites for hydroxylation is 1. The van der Waals surface area contributed by atoms with Gasteiger partial charge in [-0.25, -0.2) is 9.78 Å². The number of aliphatic carboxylic acids is 1. The third-order valence-corrected chi connectivity index (χ3v) is 4.70. The monoisotopic (exact) mass is 336 g/mol. The molecule has 0 atom stereocenters. The van der Waals surface area contributed by atoms with Crippen molar-refractivity contribution in [2.45, 2.75) is 32.1 Å². The van der Waals surface area contributed by atoms with Crippen LogP contribution in [0, 0.1) is 0 Å². The zero-order valence-electron chi connectivity index (χ0n) is 14.3. The summed E-state index contributed by atoms with van der Waals surface area (Å²) in [6.07, 6.45) is 8.20. The van der Waals surface area contributed by atoms with Gasteiger partial charge < -0.3 is 5.11 Å². The van der Waals surface area contributed by atoms with E-state index in [1.807, 2.05) is 47.6 Å². The molecule has 0 bridgehead atoms. The van der Waals surface area contributed by atoms with Crippen LogP contribution < -0.4 is 0 Å². The number of rotatable bonds is 5. The molecular weight excluding hydrogens is 316 g/mol. The van der Waals surface area contributed by atoms with E-state index in [-0.39, 0.29) is 0 Å². The number of hydrogen-bond donors (Lipinski definition) is 1. The highest BCUT2D eigenvalue weighted by Crippen LogP contribution is 2.43. The maximum absolute atomic E-state index is 11.5. The summed E-state index contributed by atoms with van der Waals surface area (Å²) in [6, 6.07) is 5.94. The Balaban J connectivity index is 1.97. The Hall–Kier alpha value is -2.89. The van der Waals surface area contributed by atoms with Gasteiger partial charge in [0.1, 0.15) is 11.5 Å². The van der Waals surface area contributed by atoms with E-state index >= 15 is 0 Å². The summed E-state index contributed by atoms with van der Waals surface area (Å²) in [4.78, 5) is 16.0. The minimum Gasteiger partial charge on any atom is -0.478 e. The van der Waals surface area contributed by atoms with E-state index in [1.54, 1.807) is 12.3 Å². The molecule has 3 aromatic heterocycles. The molecule has 1 N–H and O–H groups in total. The fourth-order valence-corrected chi connectivity index (χ4v) is 3.26. The lowest BCUT2D eigenvalue weighted by Crippen LogP contribution is -2.05. The van der Waals surface area contributed by atoms with E-state index < -0.39 is 5.97 Å². The molecule has 0 aromatic carbocycles. The Labute approximate surface area is 145 Å². The maximum Gasteiger partial charge on any atom is 0.331 e. The van der Waals surface area contributed by atoms with Gasteiger partial charge in [0.15, 0.2) is 0 Å². The van der Waals surface area contributed by atoms with E-state index in [0.717, 1.165) is 41.0 Å². The molecule has 6 heteroatoms. The number of hydrogen-bond acceptors (Lipinski definition) is 3. The molecule has 0 amide bonds. The van der Waals surface area contributed by atoms with Crippen molar-refractivity contribution in [3.05, 3.63) is 47.4 Å². The molecule has 0 radical (unpaired) electrons. The first-order chi connectivity index (χ1) is 12.1. The molecule has 0 unspecified atom stereocenters. The molecule has 128 valence electrons. The highest BCUT2D eigenvalue weighted by molar-refractivity contribution is 5.93. The number of carboxylic acids is 1. The van der Waals surface area contributed by atoms with E-state index in [2.05, 4.69) is 4.98 Å². The van der Waals surface area contributed by atoms with Crippen LogP contribution in [0.25, 0.3) is 22.9 Å². The van der Waals surface area contributed by atoms with Crippen LogP contribution in [-0.2, 0) is 11.8 Å². The van der Waals surface area contributed by atoms with Gasteiger partial charge in [-0.1, -0.05) is 6.92 Å². The summed E-state index contributed by atoms with van der Waals surface area (Å²) < 4.78 is 3.83. The van der Waals surface area contributed by atoms with Crippen LogP contribution in [0.2, 0.25) is 0 Å². The predicted molar refractivity (Wildman–Crippen MR) is 95.7 cm³/mol. The van der Waals surface area contributed by atoms with Crippen molar-refractivity contribution in [1.82, 2.24) is 19.3 Å². The molecule has 0 aliphatic heterocycles. The quantitative estimate of drug-likeness (QED) is 0.724. The lowest BCUT2D eigenvalue weighted by atomic mass is 10.1. The zero-order valence-corrected chi connectivity index (χ0v) is 14.3. The van der Waals surface area contributed by atoms with Gasteiger partial charge in [0.2, 0.25) is 0 Å². The van der Waals surface area contributed by atoms with Crippen LogP contribution in [0.5, 0.6) is 0 Å². The first-order valence-electron chi connectivity index (χ1n) is 8.53. The van der Waals surface area contributed by atoms with Gasteiger partial charge in [0.25, 0.3) is 0 Å². The largest absolute Gasteiger partial charge is 0.478 e.